The average Bonchev–Trinajstić information content (AvgIpc) is 2.72. The molecule has 0 atom stereocenters. The highest BCUT2D eigenvalue weighted by Gasteiger charge is 2.31. The van der Waals surface area contributed by atoms with Gasteiger partial charge >= 0.3 is 12.1 Å². The number of carboxylic acid groups (broad SMARTS) is 1. The Morgan fingerprint density at radius 1 is 1.38 bits per heavy atom. The molecule has 0 radical (unpaired) electrons. The SMILES string of the molecule is Cc1nc(Nc2cc(C(F)(F)F)ccc2F)sc1C(=O)O. The van der Waals surface area contributed by atoms with E-state index in [0.29, 0.717) is 29.5 Å². The predicted molar refractivity (Wildman–Crippen MR) is 68.5 cm³/mol. The van der Waals surface area contributed by atoms with E-state index in [0.717, 1.165) is 0 Å². The van der Waals surface area contributed by atoms with Crippen molar-refractivity contribution in [1.29, 1.82) is 0 Å². The molecule has 1 aromatic heterocycles. The Bertz CT molecular complexity index is 697. The predicted octanol–water partition coefficient (Wildman–Crippen LogP) is 4.05. The van der Waals surface area contributed by atoms with Crippen molar-refractivity contribution in [2.75, 3.05) is 5.32 Å². The quantitative estimate of drug-likeness (QED) is 0.838. The van der Waals surface area contributed by atoms with E-state index in [1.165, 1.54) is 6.92 Å². The molecule has 0 spiro atoms. The average molecular weight is 320 g/mol. The molecule has 0 aliphatic carbocycles. The normalized spacial score (nSPS) is 11.5. The first-order valence-electron chi connectivity index (χ1n) is 5.53. The van der Waals surface area contributed by atoms with Crippen molar-refractivity contribution >= 4 is 28.1 Å². The number of aryl methyl sites for hydroxylation is 1. The van der Waals surface area contributed by atoms with E-state index < -0.39 is 29.2 Å². The van der Waals surface area contributed by atoms with Crippen LogP contribution in [0.2, 0.25) is 0 Å². The number of benzene rings is 1. The van der Waals surface area contributed by atoms with Crippen molar-refractivity contribution in [2.24, 2.45) is 0 Å². The Morgan fingerprint density at radius 3 is 2.57 bits per heavy atom. The maximum atomic E-state index is 13.5. The summed E-state index contributed by atoms with van der Waals surface area (Å²) in [5, 5.41) is 11.2. The molecule has 0 fully saturated rings. The fourth-order valence-corrected chi connectivity index (χ4v) is 2.38. The highest BCUT2D eigenvalue weighted by atomic mass is 32.1. The van der Waals surface area contributed by atoms with E-state index in [4.69, 9.17) is 5.11 Å². The number of hydrogen-bond acceptors (Lipinski definition) is 4. The monoisotopic (exact) mass is 320 g/mol. The molecule has 4 nitrogen and oxygen atoms in total. The van der Waals surface area contributed by atoms with Gasteiger partial charge in [0.05, 0.1) is 16.9 Å². The molecule has 0 bridgehead atoms. The number of nitrogens with one attached hydrogen (secondary N) is 1. The number of halogens is 4. The van der Waals surface area contributed by atoms with E-state index in [1.54, 1.807) is 0 Å². The maximum absolute atomic E-state index is 13.5. The highest BCUT2D eigenvalue weighted by molar-refractivity contribution is 7.17. The standard InChI is InChI=1S/C12H8F4N2O2S/c1-5-9(10(19)20)21-11(17-5)18-8-4-6(12(14,15)16)2-3-7(8)13/h2-4H,1H3,(H,17,18)(H,19,20). The van der Waals surface area contributed by atoms with Gasteiger partial charge in [-0.2, -0.15) is 13.2 Å². The molecule has 21 heavy (non-hydrogen) atoms. The lowest BCUT2D eigenvalue weighted by Gasteiger charge is -2.10. The first-order chi connectivity index (χ1) is 9.68. The fourth-order valence-electron chi connectivity index (χ4n) is 1.56. The van der Waals surface area contributed by atoms with E-state index >= 15 is 0 Å². The molecule has 0 amide bonds. The van der Waals surface area contributed by atoms with Crippen molar-refractivity contribution in [3.05, 3.63) is 40.2 Å². The molecule has 9 heteroatoms. The molecule has 0 saturated carbocycles. The van der Waals surface area contributed by atoms with Crippen LogP contribution >= 0.6 is 11.3 Å². The van der Waals surface area contributed by atoms with Crippen LogP contribution in [0.25, 0.3) is 0 Å². The Balaban J connectivity index is 2.35. The van der Waals surface area contributed by atoms with E-state index in [9.17, 15) is 22.4 Å². The molecule has 2 N–H and O–H groups in total. The number of aromatic carboxylic acids is 1. The first kappa shape index (κ1) is 15.2. The number of carbonyl (C=O) groups is 1. The minimum absolute atomic E-state index is 0.00289. The second-order valence-electron chi connectivity index (χ2n) is 4.06. The molecule has 1 aromatic carbocycles. The highest BCUT2D eigenvalue weighted by Crippen LogP contribution is 2.33. The van der Waals surface area contributed by atoms with Crippen molar-refractivity contribution in [3.8, 4) is 0 Å². The zero-order valence-electron chi connectivity index (χ0n) is 10.5. The molecular weight excluding hydrogens is 312 g/mol. The van der Waals surface area contributed by atoms with Gasteiger partial charge < -0.3 is 10.4 Å². The molecule has 112 valence electrons. The number of hydrogen-bond donors (Lipinski definition) is 2. The molecule has 0 aliphatic rings. The summed E-state index contributed by atoms with van der Waals surface area (Å²) in [5.74, 6) is -2.10. The van der Waals surface area contributed by atoms with Gasteiger partial charge in [0.2, 0.25) is 0 Å². The maximum Gasteiger partial charge on any atom is 0.416 e. The molecular formula is C12H8F4N2O2S. The van der Waals surface area contributed by atoms with Crippen LogP contribution in [0.15, 0.2) is 18.2 Å². The number of nitrogens with zero attached hydrogens (tertiary/aromatic N) is 1. The molecule has 0 unspecified atom stereocenters. The Morgan fingerprint density at radius 2 is 2.05 bits per heavy atom. The third-order valence-corrected chi connectivity index (χ3v) is 3.59. The molecule has 0 aliphatic heterocycles. The topological polar surface area (TPSA) is 62.2 Å². The summed E-state index contributed by atoms with van der Waals surface area (Å²) in [7, 11) is 0. The minimum Gasteiger partial charge on any atom is -0.477 e. The van der Waals surface area contributed by atoms with Crippen LogP contribution in [-0.2, 0) is 6.18 Å². The Labute approximate surface area is 120 Å². The lowest BCUT2D eigenvalue weighted by Crippen LogP contribution is -2.06. The van der Waals surface area contributed by atoms with E-state index in [2.05, 4.69) is 10.3 Å². The van der Waals surface area contributed by atoms with Gasteiger partial charge in [0.15, 0.2) is 5.13 Å². The summed E-state index contributed by atoms with van der Waals surface area (Å²) >= 11 is 0.715. The van der Waals surface area contributed by atoms with Crippen LogP contribution < -0.4 is 5.32 Å². The lowest BCUT2D eigenvalue weighted by molar-refractivity contribution is -0.137. The minimum atomic E-state index is -4.60. The van der Waals surface area contributed by atoms with Gasteiger partial charge in [-0.15, -0.1) is 0 Å². The second kappa shape index (κ2) is 5.32. The molecule has 2 rings (SSSR count). The summed E-state index contributed by atoms with van der Waals surface area (Å²) in [4.78, 5) is 14.6. The van der Waals surface area contributed by atoms with Crippen LogP contribution in [0.4, 0.5) is 28.4 Å². The van der Waals surface area contributed by atoms with Crippen LogP contribution in [0.5, 0.6) is 0 Å². The van der Waals surface area contributed by atoms with E-state index in [1.807, 2.05) is 0 Å². The summed E-state index contributed by atoms with van der Waals surface area (Å²) in [6, 6.07) is 1.91. The summed E-state index contributed by atoms with van der Waals surface area (Å²) in [6.07, 6.45) is -4.60. The van der Waals surface area contributed by atoms with Gasteiger partial charge in [-0.25, -0.2) is 14.2 Å². The summed E-state index contributed by atoms with van der Waals surface area (Å²) < 4.78 is 51.3. The molecule has 2 aromatic rings. The van der Waals surface area contributed by atoms with E-state index in [-0.39, 0.29) is 15.7 Å². The van der Waals surface area contributed by atoms with Crippen molar-refractivity contribution < 1.29 is 27.5 Å². The fraction of sp³-hybridized carbons (Fsp3) is 0.167. The number of alkyl halides is 3. The molecule has 0 saturated heterocycles. The lowest BCUT2D eigenvalue weighted by atomic mass is 10.2. The third kappa shape index (κ3) is 3.30. The van der Waals surface area contributed by atoms with Crippen molar-refractivity contribution in [1.82, 2.24) is 4.98 Å². The van der Waals surface area contributed by atoms with Crippen LogP contribution in [0.3, 0.4) is 0 Å². The van der Waals surface area contributed by atoms with Gasteiger partial charge in [0.25, 0.3) is 0 Å². The number of thiazole rings is 1. The van der Waals surface area contributed by atoms with Crippen LogP contribution in [0.1, 0.15) is 20.9 Å². The van der Waals surface area contributed by atoms with Crippen LogP contribution in [0, 0.1) is 12.7 Å². The number of carboxylic acids is 1. The number of aromatic nitrogens is 1. The van der Waals surface area contributed by atoms with Crippen LogP contribution in [-0.4, -0.2) is 16.1 Å². The Kier molecular flexibility index (Phi) is 3.86. The van der Waals surface area contributed by atoms with Crippen molar-refractivity contribution in [2.45, 2.75) is 13.1 Å². The zero-order valence-corrected chi connectivity index (χ0v) is 11.3. The van der Waals surface area contributed by atoms with Gasteiger partial charge in [0, 0.05) is 0 Å². The van der Waals surface area contributed by atoms with Gasteiger partial charge in [-0.05, 0) is 25.1 Å². The number of anilines is 2. The second-order valence-corrected chi connectivity index (χ2v) is 5.06. The van der Waals surface area contributed by atoms with Gasteiger partial charge in [0.1, 0.15) is 10.7 Å². The smallest absolute Gasteiger partial charge is 0.416 e. The summed E-state index contributed by atoms with van der Waals surface area (Å²) in [6.45, 7) is 1.44. The third-order valence-electron chi connectivity index (χ3n) is 2.53. The van der Waals surface area contributed by atoms with Crippen molar-refractivity contribution in [3.63, 3.8) is 0 Å². The van der Waals surface area contributed by atoms with Gasteiger partial charge in [-0.3, -0.25) is 0 Å². The Hall–Kier alpha value is -2.16. The zero-order chi connectivity index (χ0) is 15.8. The largest absolute Gasteiger partial charge is 0.477 e. The van der Waals surface area contributed by atoms with Gasteiger partial charge in [-0.1, -0.05) is 11.3 Å². The number of rotatable bonds is 3. The molecule has 1 heterocycles. The first-order valence-corrected chi connectivity index (χ1v) is 6.34. The summed E-state index contributed by atoms with van der Waals surface area (Å²) in [5.41, 5.74) is -1.24.